The SMILES string of the molecule is [C-]#[N+]c1ccc(-c2ccc3c(c2)c2cc(-c4ccc([N+]#[C-])cc4)ccc2n3-c2cc(C#N)cc(-n3c4ccc(-c5ccc(C#N)cc5)cc4c4cc(-c5ccc(C#N)cc5)ccc43)c2-c2cc(C)cc(C#N)c2)cc1. The molecule has 2 aromatic heterocycles. The summed E-state index contributed by atoms with van der Waals surface area (Å²) in [4.78, 5) is 7.24. The van der Waals surface area contributed by atoms with E-state index in [-0.39, 0.29) is 0 Å². The molecule has 75 heavy (non-hydrogen) atoms. The van der Waals surface area contributed by atoms with Crippen molar-refractivity contribution in [1.29, 1.82) is 21.0 Å². The standard InChI is InChI=1S/C67H36N8/c1-41-28-44(39-70)30-54(29-41)67-65(74-61-24-16-50(46-8-4-42(37-68)5-9-46)33-57(61)58-34-51(17-25-62(58)74)47-10-6-43(38-69)7-11-47)31-45(40-71)32-66(67)75-63-26-18-52(48-12-20-55(72-2)21-13-48)35-59(63)60-36-53(19-27-64(60)75)49-14-22-56(73-3)23-15-49/h4-36H,1H3. The molecule has 0 saturated carbocycles. The lowest BCUT2D eigenvalue weighted by molar-refractivity contribution is 1.13. The average molecular weight is 953 g/mol. The molecule has 0 aliphatic carbocycles. The summed E-state index contributed by atoms with van der Waals surface area (Å²) in [6.45, 7) is 17.1. The van der Waals surface area contributed by atoms with Gasteiger partial charge in [-0.2, -0.15) is 21.0 Å². The molecule has 344 valence electrons. The fraction of sp³-hybridized carbons (Fsp3) is 0.0149. The molecule has 12 aromatic rings. The second-order valence-electron chi connectivity index (χ2n) is 18.5. The van der Waals surface area contributed by atoms with E-state index >= 15 is 0 Å². The zero-order valence-electron chi connectivity index (χ0n) is 40.1. The van der Waals surface area contributed by atoms with E-state index in [0.717, 1.165) is 116 Å². The van der Waals surface area contributed by atoms with Gasteiger partial charge < -0.3 is 9.13 Å². The van der Waals surface area contributed by atoms with E-state index in [4.69, 9.17) is 13.1 Å². The van der Waals surface area contributed by atoms with Crippen molar-refractivity contribution in [1.82, 2.24) is 9.13 Å². The van der Waals surface area contributed by atoms with Gasteiger partial charge in [-0.05, 0) is 160 Å². The predicted octanol–water partition coefficient (Wildman–Crippen LogP) is 17.1. The molecule has 0 atom stereocenters. The van der Waals surface area contributed by atoms with Gasteiger partial charge in [-0.15, -0.1) is 0 Å². The normalized spacial score (nSPS) is 10.9. The van der Waals surface area contributed by atoms with E-state index in [1.165, 1.54) is 0 Å². The van der Waals surface area contributed by atoms with Crippen LogP contribution >= 0.6 is 0 Å². The maximum atomic E-state index is 11.1. The summed E-state index contributed by atoms with van der Waals surface area (Å²) in [6, 6.07) is 75.0. The van der Waals surface area contributed by atoms with Crippen LogP contribution in [-0.4, -0.2) is 9.13 Å². The molecule has 0 spiro atoms. The molecule has 0 amide bonds. The summed E-state index contributed by atoms with van der Waals surface area (Å²) in [6.07, 6.45) is 0. The van der Waals surface area contributed by atoms with E-state index in [1.54, 1.807) is 0 Å². The van der Waals surface area contributed by atoms with E-state index in [0.29, 0.717) is 33.6 Å². The Bertz CT molecular complexity index is 4140. The van der Waals surface area contributed by atoms with Crippen molar-refractivity contribution < 1.29 is 0 Å². The number of aromatic nitrogens is 2. The number of rotatable bonds is 7. The zero-order chi connectivity index (χ0) is 51.3. The second kappa shape index (κ2) is 18.2. The Morgan fingerprint density at radius 2 is 0.627 bits per heavy atom. The van der Waals surface area contributed by atoms with Gasteiger partial charge >= 0.3 is 0 Å². The van der Waals surface area contributed by atoms with Crippen LogP contribution in [0.2, 0.25) is 0 Å². The Morgan fingerprint density at radius 1 is 0.320 bits per heavy atom. The van der Waals surface area contributed by atoms with Crippen LogP contribution in [0.15, 0.2) is 200 Å². The van der Waals surface area contributed by atoms with Gasteiger partial charge in [0.25, 0.3) is 0 Å². The lowest BCUT2D eigenvalue weighted by Crippen LogP contribution is -2.05. The first kappa shape index (κ1) is 44.9. The summed E-state index contributed by atoms with van der Waals surface area (Å²) in [5, 5.41) is 44.7. The maximum absolute atomic E-state index is 11.1. The lowest BCUT2D eigenvalue weighted by atomic mass is 9.95. The van der Waals surface area contributed by atoms with Crippen LogP contribution in [-0.2, 0) is 0 Å². The second-order valence-corrected chi connectivity index (χ2v) is 18.5. The van der Waals surface area contributed by atoms with Crippen LogP contribution in [0, 0.1) is 65.4 Å². The van der Waals surface area contributed by atoms with Crippen molar-refractivity contribution in [2.45, 2.75) is 6.92 Å². The van der Waals surface area contributed by atoms with E-state index < -0.39 is 0 Å². The zero-order valence-corrected chi connectivity index (χ0v) is 40.1. The van der Waals surface area contributed by atoms with E-state index in [2.05, 4.69) is 122 Å². The number of aryl methyl sites for hydroxylation is 1. The summed E-state index contributed by atoms with van der Waals surface area (Å²) in [7, 11) is 0. The Balaban J connectivity index is 1.19. The summed E-state index contributed by atoms with van der Waals surface area (Å²) < 4.78 is 4.46. The summed E-state index contributed by atoms with van der Waals surface area (Å²) >= 11 is 0. The molecular formula is C67H36N8. The quantitative estimate of drug-likeness (QED) is 0.148. The van der Waals surface area contributed by atoms with Crippen molar-refractivity contribution in [2.75, 3.05) is 0 Å². The van der Waals surface area contributed by atoms with Gasteiger partial charge in [0.05, 0.1) is 93.1 Å². The number of hydrogen-bond acceptors (Lipinski definition) is 4. The van der Waals surface area contributed by atoms with Crippen LogP contribution < -0.4 is 0 Å². The first-order valence-electron chi connectivity index (χ1n) is 24.0. The molecule has 0 unspecified atom stereocenters. The molecule has 0 aliphatic rings. The summed E-state index contributed by atoms with van der Waals surface area (Å²) in [5.74, 6) is 0. The van der Waals surface area contributed by atoms with Crippen LogP contribution in [0.3, 0.4) is 0 Å². The number of fused-ring (bicyclic) bond motifs is 6. The van der Waals surface area contributed by atoms with Gasteiger partial charge in [-0.3, -0.25) is 0 Å². The smallest absolute Gasteiger partial charge is 0.187 e. The molecule has 0 saturated heterocycles. The van der Waals surface area contributed by atoms with Crippen molar-refractivity contribution in [3.05, 3.63) is 251 Å². The van der Waals surface area contributed by atoms with E-state index in [1.807, 2.05) is 128 Å². The highest BCUT2D eigenvalue weighted by atomic mass is 15.0. The van der Waals surface area contributed by atoms with Crippen molar-refractivity contribution >= 4 is 55.0 Å². The topological polar surface area (TPSA) is 114 Å². The highest BCUT2D eigenvalue weighted by Crippen LogP contribution is 2.46. The highest BCUT2D eigenvalue weighted by Gasteiger charge is 2.25. The first-order valence-corrected chi connectivity index (χ1v) is 24.0. The molecule has 0 radical (unpaired) electrons. The minimum Gasteiger partial charge on any atom is -0.308 e. The molecule has 0 bridgehead atoms. The first-order chi connectivity index (χ1) is 36.7. The molecule has 2 heterocycles. The molecule has 12 rings (SSSR count). The maximum Gasteiger partial charge on any atom is 0.187 e. The minimum atomic E-state index is 0.429. The molecule has 0 aliphatic heterocycles. The fourth-order valence-electron chi connectivity index (χ4n) is 10.5. The Morgan fingerprint density at radius 3 is 0.947 bits per heavy atom. The van der Waals surface area contributed by atoms with Crippen molar-refractivity contribution in [3.8, 4) is 91.3 Å². The number of nitrogens with zero attached hydrogens (tertiary/aromatic N) is 8. The van der Waals surface area contributed by atoms with Crippen LogP contribution in [0.25, 0.3) is 120 Å². The molecule has 0 N–H and O–H groups in total. The van der Waals surface area contributed by atoms with Gasteiger partial charge in [-0.1, -0.05) is 103 Å². The van der Waals surface area contributed by atoms with Gasteiger partial charge in [0.1, 0.15) is 0 Å². The third-order valence-corrected chi connectivity index (χ3v) is 14.1. The van der Waals surface area contributed by atoms with Crippen LogP contribution in [0.5, 0.6) is 0 Å². The molecular weight excluding hydrogens is 917 g/mol. The van der Waals surface area contributed by atoms with Gasteiger partial charge in [0, 0.05) is 27.1 Å². The molecule has 0 fully saturated rings. The number of nitriles is 4. The Kier molecular flexibility index (Phi) is 10.9. The van der Waals surface area contributed by atoms with Crippen molar-refractivity contribution in [3.63, 3.8) is 0 Å². The number of benzene rings is 10. The fourth-order valence-corrected chi connectivity index (χ4v) is 10.5. The van der Waals surface area contributed by atoms with Crippen LogP contribution in [0.4, 0.5) is 11.4 Å². The minimum absolute atomic E-state index is 0.429. The van der Waals surface area contributed by atoms with Gasteiger partial charge in [0.15, 0.2) is 11.4 Å². The van der Waals surface area contributed by atoms with Crippen LogP contribution in [0.1, 0.15) is 27.8 Å². The third-order valence-electron chi connectivity index (χ3n) is 14.1. The molecule has 8 heteroatoms. The van der Waals surface area contributed by atoms with Gasteiger partial charge in [0.2, 0.25) is 0 Å². The molecule has 8 nitrogen and oxygen atoms in total. The Hall–Kier alpha value is -11.3. The van der Waals surface area contributed by atoms with Crippen molar-refractivity contribution in [2.24, 2.45) is 0 Å². The molecule has 10 aromatic carbocycles. The third kappa shape index (κ3) is 7.76. The van der Waals surface area contributed by atoms with E-state index in [9.17, 15) is 21.0 Å². The summed E-state index contributed by atoms with van der Waals surface area (Å²) in [5.41, 5.74) is 18.4. The monoisotopic (exact) mass is 952 g/mol. The highest BCUT2D eigenvalue weighted by molar-refractivity contribution is 6.14. The van der Waals surface area contributed by atoms with Gasteiger partial charge in [-0.25, -0.2) is 9.69 Å². The largest absolute Gasteiger partial charge is 0.308 e. The predicted molar refractivity (Wildman–Crippen MR) is 298 cm³/mol. The number of hydrogen-bond donors (Lipinski definition) is 0. The lowest BCUT2D eigenvalue weighted by Gasteiger charge is -2.21. The average Bonchev–Trinajstić information content (AvgIpc) is 4.04. The Labute approximate surface area is 432 Å².